The van der Waals surface area contributed by atoms with Gasteiger partial charge in [-0.05, 0) is 49.5 Å². The predicted octanol–water partition coefficient (Wildman–Crippen LogP) is 3.50. The van der Waals surface area contributed by atoms with E-state index in [2.05, 4.69) is 16.1 Å². The van der Waals surface area contributed by atoms with E-state index in [0.717, 1.165) is 24.6 Å². The first kappa shape index (κ1) is 15.6. The van der Waals surface area contributed by atoms with Crippen LogP contribution in [-0.4, -0.2) is 41.2 Å². The van der Waals surface area contributed by atoms with Crippen LogP contribution in [0, 0.1) is 0 Å². The standard InChI is InChI=1S/C18H21N3O2S/c22-18(13-20-8-2-1-3-9-20)21-15(17-7-5-11-24-17)12-14(19-21)16-6-4-10-23-16/h4-7,10-11,15H,1-3,8-9,12-13H2. The second-order valence-corrected chi connectivity index (χ2v) is 7.31. The molecule has 126 valence electrons. The molecule has 1 unspecified atom stereocenters. The summed E-state index contributed by atoms with van der Waals surface area (Å²) in [5.41, 5.74) is 0.852. The molecule has 0 spiro atoms. The summed E-state index contributed by atoms with van der Waals surface area (Å²) in [6.45, 7) is 2.48. The average molecular weight is 343 g/mol. The summed E-state index contributed by atoms with van der Waals surface area (Å²) in [5, 5.41) is 8.35. The largest absolute Gasteiger partial charge is 0.463 e. The van der Waals surface area contributed by atoms with Crippen molar-refractivity contribution in [3.8, 4) is 0 Å². The summed E-state index contributed by atoms with van der Waals surface area (Å²) in [7, 11) is 0. The van der Waals surface area contributed by atoms with Crippen LogP contribution in [0.5, 0.6) is 0 Å². The van der Waals surface area contributed by atoms with Gasteiger partial charge in [0.15, 0.2) is 0 Å². The van der Waals surface area contributed by atoms with Crippen molar-refractivity contribution in [1.29, 1.82) is 0 Å². The Morgan fingerprint density at radius 2 is 2.12 bits per heavy atom. The fourth-order valence-electron chi connectivity index (χ4n) is 3.42. The number of piperidine rings is 1. The number of carbonyl (C=O) groups is 1. The van der Waals surface area contributed by atoms with E-state index in [1.807, 2.05) is 23.6 Å². The number of carbonyl (C=O) groups excluding carboxylic acids is 1. The maximum absolute atomic E-state index is 12.9. The van der Waals surface area contributed by atoms with E-state index < -0.39 is 0 Å². The topological polar surface area (TPSA) is 49.1 Å². The van der Waals surface area contributed by atoms with Gasteiger partial charge in [-0.1, -0.05) is 12.5 Å². The van der Waals surface area contributed by atoms with E-state index in [-0.39, 0.29) is 11.9 Å². The molecule has 5 nitrogen and oxygen atoms in total. The monoisotopic (exact) mass is 343 g/mol. The first-order chi connectivity index (χ1) is 11.8. The van der Waals surface area contributed by atoms with E-state index in [4.69, 9.17) is 4.42 Å². The van der Waals surface area contributed by atoms with E-state index in [9.17, 15) is 4.79 Å². The molecular formula is C18H21N3O2S. The molecule has 4 heterocycles. The molecule has 1 atom stereocenters. The van der Waals surface area contributed by atoms with Crippen molar-refractivity contribution in [2.75, 3.05) is 19.6 Å². The third-order valence-electron chi connectivity index (χ3n) is 4.65. The van der Waals surface area contributed by atoms with Gasteiger partial charge >= 0.3 is 0 Å². The molecule has 0 N–H and O–H groups in total. The van der Waals surface area contributed by atoms with Gasteiger partial charge in [-0.2, -0.15) is 5.10 Å². The van der Waals surface area contributed by atoms with Crippen LogP contribution in [0.25, 0.3) is 0 Å². The van der Waals surface area contributed by atoms with Crippen LogP contribution in [0.1, 0.15) is 42.4 Å². The summed E-state index contributed by atoms with van der Waals surface area (Å²) in [5.74, 6) is 0.835. The zero-order valence-corrected chi connectivity index (χ0v) is 14.4. The second kappa shape index (κ2) is 6.91. The average Bonchev–Trinajstić information content (AvgIpc) is 3.35. The molecule has 2 aromatic heterocycles. The van der Waals surface area contributed by atoms with Crippen LogP contribution in [0.3, 0.4) is 0 Å². The van der Waals surface area contributed by atoms with Crippen LogP contribution in [0.2, 0.25) is 0 Å². The minimum Gasteiger partial charge on any atom is -0.463 e. The zero-order chi connectivity index (χ0) is 16.4. The summed E-state index contributed by atoms with van der Waals surface area (Å²) in [6.07, 6.45) is 5.99. The minimum atomic E-state index is -0.0117. The molecule has 6 heteroatoms. The van der Waals surface area contributed by atoms with Crippen LogP contribution in [0.4, 0.5) is 0 Å². The first-order valence-electron chi connectivity index (χ1n) is 8.50. The van der Waals surface area contributed by atoms with Crippen molar-refractivity contribution >= 4 is 23.0 Å². The molecule has 0 bridgehead atoms. The maximum Gasteiger partial charge on any atom is 0.257 e. The smallest absolute Gasteiger partial charge is 0.257 e. The lowest BCUT2D eigenvalue weighted by Crippen LogP contribution is -2.40. The molecule has 0 aliphatic carbocycles. The molecule has 0 radical (unpaired) electrons. The highest BCUT2D eigenvalue weighted by Gasteiger charge is 2.35. The van der Waals surface area contributed by atoms with Crippen LogP contribution >= 0.6 is 11.3 Å². The molecule has 2 aliphatic heterocycles. The number of amides is 1. The third-order valence-corrected chi connectivity index (χ3v) is 5.62. The first-order valence-corrected chi connectivity index (χ1v) is 9.38. The predicted molar refractivity (Wildman–Crippen MR) is 94.1 cm³/mol. The maximum atomic E-state index is 12.9. The van der Waals surface area contributed by atoms with Gasteiger partial charge in [-0.25, -0.2) is 5.01 Å². The van der Waals surface area contributed by atoms with Gasteiger partial charge in [0.2, 0.25) is 0 Å². The molecule has 0 saturated carbocycles. The van der Waals surface area contributed by atoms with Crippen LogP contribution in [0.15, 0.2) is 45.4 Å². The lowest BCUT2D eigenvalue weighted by Gasteiger charge is -2.28. The SMILES string of the molecule is O=C(CN1CCCCC1)N1N=C(c2ccco2)CC1c1cccs1. The van der Waals surface area contributed by atoms with E-state index in [0.29, 0.717) is 13.0 Å². The van der Waals surface area contributed by atoms with Crippen molar-refractivity contribution in [3.05, 3.63) is 46.5 Å². The summed E-state index contributed by atoms with van der Waals surface area (Å²) >= 11 is 1.68. The Kier molecular flexibility index (Phi) is 4.49. The molecule has 4 rings (SSSR count). The van der Waals surface area contributed by atoms with Crippen molar-refractivity contribution in [1.82, 2.24) is 9.91 Å². The fraction of sp³-hybridized carbons (Fsp3) is 0.444. The number of likely N-dealkylation sites (tertiary alicyclic amines) is 1. The molecule has 2 aromatic rings. The number of hydrogen-bond acceptors (Lipinski definition) is 5. The third kappa shape index (κ3) is 3.16. The molecule has 1 fully saturated rings. The number of nitrogens with zero attached hydrogens (tertiary/aromatic N) is 3. The second-order valence-electron chi connectivity index (χ2n) is 6.33. The Bertz CT molecular complexity index is 703. The highest BCUT2D eigenvalue weighted by Crippen LogP contribution is 2.35. The summed E-state index contributed by atoms with van der Waals surface area (Å²) in [6, 6.07) is 7.86. The molecular weight excluding hydrogens is 322 g/mol. The van der Waals surface area contributed by atoms with Gasteiger partial charge in [0, 0.05) is 11.3 Å². The number of hydrogen-bond donors (Lipinski definition) is 0. The van der Waals surface area contributed by atoms with Crippen molar-refractivity contribution in [3.63, 3.8) is 0 Å². The van der Waals surface area contributed by atoms with Crippen molar-refractivity contribution in [2.45, 2.75) is 31.7 Å². The number of rotatable bonds is 4. The lowest BCUT2D eigenvalue weighted by molar-refractivity contribution is -0.134. The molecule has 2 aliphatic rings. The number of hydrazone groups is 1. The quantitative estimate of drug-likeness (QED) is 0.854. The van der Waals surface area contributed by atoms with Crippen molar-refractivity contribution < 1.29 is 9.21 Å². The van der Waals surface area contributed by atoms with Gasteiger partial charge in [0.25, 0.3) is 5.91 Å². The molecule has 0 aromatic carbocycles. The van der Waals surface area contributed by atoms with E-state index in [1.165, 1.54) is 24.1 Å². The highest BCUT2D eigenvalue weighted by atomic mass is 32.1. The highest BCUT2D eigenvalue weighted by molar-refractivity contribution is 7.10. The van der Waals surface area contributed by atoms with Gasteiger partial charge < -0.3 is 4.42 Å². The van der Waals surface area contributed by atoms with Gasteiger partial charge in [0.05, 0.1) is 18.8 Å². The summed E-state index contributed by atoms with van der Waals surface area (Å²) in [4.78, 5) is 16.3. The Labute approximate surface area is 145 Å². The normalized spacial score (nSPS) is 21.9. The van der Waals surface area contributed by atoms with E-state index in [1.54, 1.807) is 22.6 Å². The lowest BCUT2D eigenvalue weighted by atomic mass is 10.1. The van der Waals surface area contributed by atoms with E-state index >= 15 is 0 Å². The van der Waals surface area contributed by atoms with Crippen molar-refractivity contribution in [2.24, 2.45) is 5.10 Å². The summed E-state index contributed by atoms with van der Waals surface area (Å²) < 4.78 is 5.49. The number of furan rings is 1. The minimum absolute atomic E-state index is 0.0117. The van der Waals surface area contributed by atoms with Gasteiger partial charge in [-0.3, -0.25) is 9.69 Å². The Morgan fingerprint density at radius 1 is 1.25 bits per heavy atom. The number of thiophene rings is 1. The molecule has 1 amide bonds. The zero-order valence-electron chi connectivity index (χ0n) is 13.6. The van der Waals surface area contributed by atoms with Crippen LogP contribution in [-0.2, 0) is 4.79 Å². The molecule has 1 saturated heterocycles. The Hall–Kier alpha value is -1.92. The fourth-order valence-corrected chi connectivity index (χ4v) is 4.23. The van der Waals surface area contributed by atoms with Crippen LogP contribution < -0.4 is 0 Å². The van der Waals surface area contributed by atoms with Gasteiger partial charge in [0.1, 0.15) is 11.5 Å². The van der Waals surface area contributed by atoms with Gasteiger partial charge in [-0.15, -0.1) is 11.3 Å². The Balaban J connectivity index is 1.55. The Morgan fingerprint density at radius 3 is 2.83 bits per heavy atom. The molecule has 24 heavy (non-hydrogen) atoms.